The molecule has 14 heteroatoms. The van der Waals surface area contributed by atoms with E-state index in [0.29, 0.717) is 45.2 Å². The van der Waals surface area contributed by atoms with Crippen LogP contribution in [0.4, 0.5) is 0 Å². The van der Waals surface area contributed by atoms with E-state index in [1.165, 1.54) is 4.90 Å². The first-order valence-corrected chi connectivity index (χ1v) is 12.3. The maximum absolute atomic E-state index is 13.1. The number of aliphatic carboxylic acids is 1. The lowest BCUT2D eigenvalue weighted by Gasteiger charge is -2.28. The van der Waals surface area contributed by atoms with Crippen LogP contribution in [0.1, 0.15) is 57.8 Å². The predicted octanol–water partition coefficient (Wildman–Crippen LogP) is -2.51. The minimum absolute atomic E-state index is 0.0906. The van der Waals surface area contributed by atoms with Crippen molar-refractivity contribution in [2.24, 2.45) is 22.2 Å². The summed E-state index contributed by atoms with van der Waals surface area (Å²) in [6, 6.07) is -3.90. The van der Waals surface area contributed by atoms with Gasteiger partial charge in [0.1, 0.15) is 18.1 Å². The Bertz CT molecular complexity index is 846. The zero-order chi connectivity index (χ0) is 26.7. The fraction of sp³-hybridized carbons (Fsp3) is 0.727. The average molecular weight is 511 g/mol. The number of nitrogens with zero attached hydrogens (tertiary/aromatic N) is 2. The lowest BCUT2D eigenvalue weighted by Crippen LogP contribution is -2.56. The number of guanidine groups is 1. The zero-order valence-electron chi connectivity index (χ0n) is 20.4. The molecule has 0 spiro atoms. The van der Waals surface area contributed by atoms with Gasteiger partial charge in [-0.15, -0.1) is 0 Å². The Morgan fingerprint density at radius 3 is 2.58 bits per heavy atom. The van der Waals surface area contributed by atoms with Crippen LogP contribution in [-0.4, -0.2) is 89.4 Å². The highest BCUT2D eigenvalue weighted by Crippen LogP contribution is 2.20. The van der Waals surface area contributed by atoms with Gasteiger partial charge in [-0.2, -0.15) is 0 Å². The van der Waals surface area contributed by atoms with Crippen LogP contribution < -0.4 is 33.2 Å². The number of aliphatic imine (C=N–C) groups is 1. The first-order chi connectivity index (χ1) is 17.1. The van der Waals surface area contributed by atoms with Crippen LogP contribution in [0.5, 0.6) is 0 Å². The fourth-order valence-corrected chi connectivity index (χ4v) is 4.29. The molecule has 0 aliphatic carbocycles. The summed E-state index contributed by atoms with van der Waals surface area (Å²) in [5.41, 5.74) is 16.5. The third-order valence-electron chi connectivity index (χ3n) is 6.27. The topological polar surface area (TPSA) is 235 Å². The molecule has 0 unspecified atom stereocenters. The van der Waals surface area contributed by atoms with Crippen molar-refractivity contribution in [1.82, 2.24) is 20.9 Å². The molecule has 36 heavy (non-hydrogen) atoms. The van der Waals surface area contributed by atoms with Crippen molar-refractivity contribution in [2.75, 3.05) is 19.6 Å². The Labute approximate surface area is 209 Å². The van der Waals surface area contributed by atoms with E-state index in [9.17, 15) is 29.1 Å². The van der Waals surface area contributed by atoms with Gasteiger partial charge < -0.3 is 43.2 Å². The molecule has 4 atom stereocenters. The van der Waals surface area contributed by atoms with Crippen molar-refractivity contribution in [1.29, 1.82) is 0 Å². The van der Waals surface area contributed by atoms with Crippen LogP contribution in [0, 0.1) is 0 Å². The Balaban J connectivity index is 2.13. The first-order valence-electron chi connectivity index (χ1n) is 12.3. The number of carboxylic acids is 1. The van der Waals surface area contributed by atoms with Crippen LogP contribution in [-0.2, 0) is 24.0 Å². The number of carbonyl (C=O) groups excluding carboxylic acids is 4. The number of carboxylic acid groups (broad SMARTS) is 1. The summed E-state index contributed by atoms with van der Waals surface area (Å²) in [5.74, 6) is -3.10. The minimum Gasteiger partial charge on any atom is -0.480 e. The molecule has 14 nitrogen and oxygen atoms in total. The molecule has 0 aromatic rings. The second-order valence-electron chi connectivity index (χ2n) is 9.09. The Kier molecular flexibility index (Phi) is 11.4. The Morgan fingerprint density at radius 1 is 1.14 bits per heavy atom. The molecule has 2 rings (SSSR count). The number of rotatable bonds is 7. The molecule has 10 N–H and O–H groups in total. The maximum Gasteiger partial charge on any atom is 0.326 e. The van der Waals surface area contributed by atoms with Gasteiger partial charge in [-0.1, -0.05) is 0 Å². The van der Waals surface area contributed by atoms with Crippen molar-refractivity contribution in [3.8, 4) is 0 Å². The normalized spacial score (nSPS) is 24.9. The number of fused-ring (bicyclic) bond motifs is 1. The van der Waals surface area contributed by atoms with Crippen molar-refractivity contribution in [3.05, 3.63) is 0 Å². The van der Waals surface area contributed by atoms with Gasteiger partial charge >= 0.3 is 5.97 Å². The maximum atomic E-state index is 13.1. The molecule has 4 amide bonds. The quantitative estimate of drug-likeness (QED) is 0.109. The molecule has 2 aliphatic rings. The SMILES string of the molecule is NC(N)=NCCC[C@H](NC(=O)[C@@H]1CCCCNC(=O)CC[C@H](N)C(=O)N2CCC[C@H]2C(=O)N1)C(=O)O. The molecule has 202 valence electrons. The summed E-state index contributed by atoms with van der Waals surface area (Å²) in [7, 11) is 0. The Hall–Kier alpha value is -3.42. The standard InChI is InChI=1S/C22H38N8O6/c23-13-8-9-17(31)26-10-2-1-5-14(28-19(33)16-7-4-12-30(16)20(13)34)18(32)29-15(21(35)36)6-3-11-27-22(24)25/h13-16H,1-12,23H2,(H,26,31)(H,28,33)(H,29,32)(H,35,36)(H4,24,25,27)/t13-,14-,15-,16-/m0/s1. The van der Waals surface area contributed by atoms with E-state index in [4.69, 9.17) is 17.2 Å². The molecule has 2 heterocycles. The van der Waals surface area contributed by atoms with Gasteiger partial charge in [0.05, 0.1) is 6.04 Å². The van der Waals surface area contributed by atoms with Gasteiger partial charge in [0.2, 0.25) is 23.6 Å². The average Bonchev–Trinajstić information content (AvgIpc) is 3.31. The van der Waals surface area contributed by atoms with Gasteiger partial charge in [-0.3, -0.25) is 24.2 Å². The largest absolute Gasteiger partial charge is 0.480 e. The Morgan fingerprint density at radius 2 is 1.89 bits per heavy atom. The third kappa shape index (κ3) is 8.98. The molecular weight excluding hydrogens is 472 g/mol. The molecular formula is C22H38N8O6. The third-order valence-corrected chi connectivity index (χ3v) is 6.27. The van der Waals surface area contributed by atoms with Crippen molar-refractivity contribution < 1.29 is 29.1 Å². The van der Waals surface area contributed by atoms with Crippen molar-refractivity contribution in [3.63, 3.8) is 0 Å². The smallest absolute Gasteiger partial charge is 0.326 e. The summed E-state index contributed by atoms with van der Waals surface area (Å²) in [6.07, 6.45) is 2.97. The lowest BCUT2D eigenvalue weighted by molar-refractivity contribution is -0.143. The van der Waals surface area contributed by atoms with Gasteiger partial charge in [0.15, 0.2) is 5.96 Å². The second kappa shape index (κ2) is 14.2. The molecule has 0 aromatic heterocycles. The number of carbonyl (C=O) groups is 5. The number of amides is 4. The van der Waals surface area contributed by atoms with E-state index >= 15 is 0 Å². The highest BCUT2D eigenvalue weighted by atomic mass is 16.4. The second-order valence-corrected chi connectivity index (χ2v) is 9.09. The van der Waals surface area contributed by atoms with Crippen molar-refractivity contribution in [2.45, 2.75) is 82.0 Å². The molecule has 0 saturated carbocycles. The molecule has 0 bridgehead atoms. The van der Waals surface area contributed by atoms with Crippen LogP contribution in [0.2, 0.25) is 0 Å². The van der Waals surface area contributed by atoms with Gasteiger partial charge in [0.25, 0.3) is 0 Å². The number of nitrogens with one attached hydrogen (secondary N) is 3. The molecule has 2 fully saturated rings. The highest BCUT2D eigenvalue weighted by molar-refractivity contribution is 5.94. The van der Waals surface area contributed by atoms with Gasteiger partial charge in [0, 0.05) is 26.1 Å². The van der Waals surface area contributed by atoms with Crippen LogP contribution in [0.15, 0.2) is 4.99 Å². The molecule has 2 aliphatic heterocycles. The molecule has 0 radical (unpaired) electrons. The van der Waals surface area contributed by atoms with E-state index in [2.05, 4.69) is 20.9 Å². The fourth-order valence-electron chi connectivity index (χ4n) is 4.29. The monoisotopic (exact) mass is 510 g/mol. The summed E-state index contributed by atoms with van der Waals surface area (Å²) in [6.45, 7) is 0.924. The summed E-state index contributed by atoms with van der Waals surface area (Å²) < 4.78 is 0. The van der Waals surface area contributed by atoms with E-state index < -0.39 is 47.9 Å². The van der Waals surface area contributed by atoms with E-state index in [1.54, 1.807) is 0 Å². The van der Waals surface area contributed by atoms with Gasteiger partial charge in [-0.25, -0.2) is 4.79 Å². The van der Waals surface area contributed by atoms with Crippen LogP contribution in [0.3, 0.4) is 0 Å². The van der Waals surface area contributed by atoms with Gasteiger partial charge in [-0.05, 0) is 51.4 Å². The van der Waals surface area contributed by atoms with Crippen LogP contribution in [0.25, 0.3) is 0 Å². The summed E-state index contributed by atoms with van der Waals surface area (Å²) in [5, 5.41) is 17.5. The number of hydrogen-bond donors (Lipinski definition) is 7. The predicted molar refractivity (Wildman–Crippen MR) is 130 cm³/mol. The van der Waals surface area contributed by atoms with E-state index in [0.717, 1.165) is 0 Å². The number of nitrogens with two attached hydrogens (primary N) is 3. The summed E-state index contributed by atoms with van der Waals surface area (Å²) in [4.78, 5) is 67.9. The van der Waals surface area contributed by atoms with E-state index in [-0.39, 0.29) is 44.1 Å². The lowest BCUT2D eigenvalue weighted by atomic mass is 10.1. The molecule has 2 saturated heterocycles. The molecule has 0 aromatic carbocycles. The minimum atomic E-state index is -1.22. The van der Waals surface area contributed by atoms with Crippen molar-refractivity contribution >= 4 is 35.6 Å². The van der Waals surface area contributed by atoms with E-state index in [1.807, 2.05) is 0 Å². The number of hydrogen-bond acceptors (Lipinski definition) is 7. The van der Waals surface area contributed by atoms with Crippen LogP contribution >= 0.6 is 0 Å². The summed E-state index contributed by atoms with van der Waals surface area (Å²) >= 11 is 0. The zero-order valence-corrected chi connectivity index (χ0v) is 20.4. The highest BCUT2D eigenvalue weighted by Gasteiger charge is 2.38. The first kappa shape index (κ1) is 28.8.